The van der Waals surface area contributed by atoms with Gasteiger partial charge in [-0.2, -0.15) is 0 Å². The second-order valence-electron chi connectivity index (χ2n) is 3.66. The highest BCUT2D eigenvalue weighted by Gasteiger charge is 2.02. The van der Waals surface area contributed by atoms with E-state index in [4.69, 9.17) is 0 Å². The van der Waals surface area contributed by atoms with Gasteiger partial charge in [0.05, 0.1) is 11.9 Å². The van der Waals surface area contributed by atoms with Gasteiger partial charge in [-0.25, -0.2) is 0 Å². The van der Waals surface area contributed by atoms with E-state index in [1.807, 2.05) is 37.3 Å². The second kappa shape index (κ2) is 4.75. The summed E-state index contributed by atoms with van der Waals surface area (Å²) >= 11 is 0. The molecule has 16 heavy (non-hydrogen) atoms. The van der Waals surface area contributed by atoms with E-state index in [0.29, 0.717) is 13.0 Å². The van der Waals surface area contributed by atoms with Crippen LogP contribution in [0.5, 0.6) is 0 Å². The molecule has 0 radical (unpaired) electrons. The highest BCUT2D eigenvalue weighted by molar-refractivity contribution is 5.83. The average Bonchev–Trinajstić information content (AvgIpc) is 2.29. The quantitative estimate of drug-likeness (QED) is 0.848. The zero-order valence-corrected chi connectivity index (χ0v) is 9.23. The van der Waals surface area contributed by atoms with Gasteiger partial charge in [0.1, 0.15) is 0 Å². The van der Waals surface area contributed by atoms with E-state index in [1.165, 1.54) is 0 Å². The Labute approximate surface area is 94.5 Å². The second-order valence-corrected chi connectivity index (χ2v) is 3.66. The summed E-state index contributed by atoms with van der Waals surface area (Å²) < 4.78 is 0. The number of hydrogen-bond donors (Lipinski definition) is 1. The Bertz CT molecular complexity index is 508. The molecule has 3 nitrogen and oxygen atoms in total. The van der Waals surface area contributed by atoms with Gasteiger partial charge < -0.3 is 5.32 Å². The normalized spacial score (nSPS) is 10.3. The number of benzene rings is 1. The van der Waals surface area contributed by atoms with Crippen molar-refractivity contribution in [3.8, 4) is 0 Å². The molecule has 0 aliphatic rings. The molecule has 1 N–H and O–H groups in total. The van der Waals surface area contributed by atoms with Crippen LogP contribution >= 0.6 is 0 Å². The van der Waals surface area contributed by atoms with Crippen LogP contribution in [0.4, 0.5) is 0 Å². The summed E-state index contributed by atoms with van der Waals surface area (Å²) in [5.41, 5.74) is 1.98. The van der Waals surface area contributed by atoms with Gasteiger partial charge in [-0.05, 0) is 30.7 Å². The van der Waals surface area contributed by atoms with Gasteiger partial charge in [-0.1, -0.05) is 12.1 Å². The van der Waals surface area contributed by atoms with Crippen molar-refractivity contribution in [2.75, 3.05) is 6.54 Å². The molecule has 2 rings (SSSR count). The van der Waals surface area contributed by atoms with E-state index >= 15 is 0 Å². The molecule has 1 aromatic heterocycles. The van der Waals surface area contributed by atoms with Gasteiger partial charge in [0, 0.05) is 18.1 Å². The maximum atomic E-state index is 11.4. The number of aromatic nitrogens is 1. The Kier molecular flexibility index (Phi) is 3.15. The molecule has 3 heteroatoms. The van der Waals surface area contributed by atoms with Gasteiger partial charge in [-0.3, -0.25) is 9.78 Å². The number of rotatable bonds is 3. The fourth-order valence-corrected chi connectivity index (χ4v) is 1.68. The summed E-state index contributed by atoms with van der Waals surface area (Å²) in [6.45, 7) is 2.59. The fourth-order valence-electron chi connectivity index (χ4n) is 1.68. The lowest BCUT2D eigenvalue weighted by molar-refractivity contribution is -0.120. The maximum Gasteiger partial charge on any atom is 0.224 e. The van der Waals surface area contributed by atoms with Crippen LogP contribution in [0.25, 0.3) is 10.9 Å². The smallest absolute Gasteiger partial charge is 0.224 e. The molecule has 1 aromatic carbocycles. The first-order valence-electron chi connectivity index (χ1n) is 5.40. The van der Waals surface area contributed by atoms with E-state index in [-0.39, 0.29) is 5.91 Å². The minimum absolute atomic E-state index is 0.0609. The van der Waals surface area contributed by atoms with Crippen LogP contribution in [-0.4, -0.2) is 17.4 Å². The number of carbonyl (C=O) groups excluding carboxylic acids is 1. The van der Waals surface area contributed by atoms with Crippen LogP contribution < -0.4 is 5.32 Å². The number of nitrogens with zero attached hydrogens (tertiary/aromatic N) is 1. The zero-order chi connectivity index (χ0) is 11.4. The lowest BCUT2D eigenvalue weighted by atomic mass is 10.1. The lowest BCUT2D eigenvalue weighted by Crippen LogP contribution is -2.24. The molecule has 2 aromatic rings. The van der Waals surface area contributed by atoms with Gasteiger partial charge in [0.15, 0.2) is 0 Å². The number of carbonyl (C=O) groups is 1. The lowest BCUT2D eigenvalue weighted by Gasteiger charge is -2.03. The minimum Gasteiger partial charge on any atom is -0.356 e. The third kappa shape index (κ3) is 2.37. The summed E-state index contributed by atoms with van der Waals surface area (Å²) in [4.78, 5) is 15.7. The monoisotopic (exact) mass is 214 g/mol. The standard InChI is InChI=1S/C13H14N2O/c1-2-14-13(16)9-10-5-6-12-11(8-10)4-3-7-15-12/h3-8H,2,9H2,1H3,(H,14,16). The number of nitrogens with one attached hydrogen (secondary N) is 1. The Morgan fingerprint density at radius 2 is 2.25 bits per heavy atom. The van der Waals surface area contributed by atoms with Crippen molar-refractivity contribution in [2.24, 2.45) is 0 Å². The molecule has 0 unspecified atom stereocenters. The molecule has 0 saturated heterocycles. The number of likely N-dealkylation sites (N-methyl/N-ethyl adjacent to an activating group) is 1. The number of pyridine rings is 1. The van der Waals surface area contributed by atoms with Crippen molar-refractivity contribution in [3.05, 3.63) is 42.1 Å². The molecule has 0 atom stereocenters. The van der Waals surface area contributed by atoms with Gasteiger partial charge in [-0.15, -0.1) is 0 Å². The van der Waals surface area contributed by atoms with E-state index in [9.17, 15) is 4.79 Å². The molecule has 0 saturated carbocycles. The van der Waals surface area contributed by atoms with Gasteiger partial charge in [0.2, 0.25) is 5.91 Å². The molecular weight excluding hydrogens is 200 g/mol. The number of hydrogen-bond acceptors (Lipinski definition) is 2. The Balaban J connectivity index is 2.22. The predicted molar refractivity (Wildman–Crippen MR) is 64.1 cm³/mol. The first-order valence-corrected chi connectivity index (χ1v) is 5.40. The number of amides is 1. The third-order valence-corrected chi connectivity index (χ3v) is 2.41. The van der Waals surface area contributed by atoms with Crippen LogP contribution in [-0.2, 0) is 11.2 Å². The SMILES string of the molecule is CCNC(=O)Cc1ccc2ncccc2c1. The van der Waals surface area contributed by atoms with E-state index in [1.54, 1.807) is 6.20 Å². The van der Waals surface area contributed by atoms with Crippen molar-refractivity contribution in [1.82, 2.24) is 10.3 Å². The van der Waals surface area contributed by atoms with E-state index in [0.717, 1.165) is 16.5 Å². The van der Waals surface area contributed by atoms with E-state index < -0.39 is 0 Å². The van der Waals surface area contributed by atoms with Gasteiger partial charge >= 0.3 is 0 Å². The summed E-state index contributed by atoms with van der Waals surface area (Å²) in [7, 11) is 0. The first kappa shape index (κ1) is 10.6. The van der Waals surface area contributed by atoms with Crippen molar-refractivity contribution >= 4 is 16.8 Å². The van der Waals surface area contributed by atoms with Crippen molar-refractivity contribution < 1.29 is 4.79 Å². The Morgan fingerprint density at radius 1 is 1.38 bits per heavy atom. The molecule has 82 valence electrons. The predicted octanol–water partition coefficient (Wildman–Crippen LogP) is 1.91. The molecular formula is C13H14N2O. The zero-order valence-electron chi connectivity index (χ0n) is 9.23. The van der Waals surface area contributed by atoms with Gasteiger partial charge in [0.25, 0.3) is 0 Å². The van der Waals surface area contributed by atoms with Crippen LogP contribution in [0.3, 0.4) is 0 Å². The summed E-state index contributed by atoms with van der Waals surface area (Å²) in [5.74, 6) is 0.0609. The summed E-state index contributed by atoms with van der Waals surface area (Å²) in [6, 6.07) is 9.81. The van der Waals surface area contributed by atoms with Crippen molar-refractivity contribution in [2.45, 2.75) is 13.3 Å². The molecule has 1 heterocycles. The summed E-state index contributed by atoms with van der Waals surface area (Å²) in [6.07, 6.45) is 2.20. The third-order valence-electron chi connectivity index (χ3n) is 2.41. The Morgan fingerprint density at radius 3 is 3.06 bits per heavy atom. The molecule has 0 fully saturated rings. The molecule has 1 amide bonds. The average molecular weight is 214 g/mol. The first-order chi connectivity index (χ1) is 7.79. The highest BCUT2D eigenvalue weighted by Crippen LogP contribution is 2.13. The van der Waals surface area contributed by atoms with Crippen LogP contribution in [0, 0.1) is 0 Å². The summed E-state index contributed by atoms with van der Waals surface area (Å²) in [5, 5.41) is 3.86. The molecule has 0 bridgehead atoms. The highest BCUT2D eigenvalue weighted by atomic mass is 16.1. The van der Waals surface area contributed by atoms with E-state index in [2.05, 4.69) is 10.3 Å². The maximum absolute atomic E-state index is 11.4. The topological polar surface area (TPSA) is 42.0 Å². The molecule has 0 aliphatic carbocycles. The molecule has 0 spiro atoms. The van der Waals surface area contributed by atoms with Crippen LogP contribution in [0.15, 0.2) is 36.5 Å². The fraction of sp³-hybridized carbons (Fsp3) is 0.231. The van der Waals surface area contributed by atoms with Crippen molar-refractivity contribution in [3.63, 3.8) is 0 Å². The largest absolute Gasteiger partial charge is 0.356 e. The van der Waals surface area contributed by atoms with Crippen LogP contribution in [0.1, 0.15) is 12.5 Å². The van der Waals surface area contributed by atoms with Crippen molar-refractivity contribution in [1.29, 1.82) is 0 Å². The number of fused-ring (bicyclic) bond motifs is 1. The Hall–Kier alpha value is -1.90. The molecule has 0 aliphatic heterocycles. The van der Waals surface area contributed by atoms with Crippen LogP contribution in [0.2, 0.25) is 0 Å². The minimum atomic E-state index is 0.0609.